The summed E-state index contributed by atoms with van der Waals surface area (Å²) in [6, 6.07) is 16.6. The summed E-state index contributed by atoms with van der Waals surface area (Å²) in [4.78, 5) is 43.3. The number of ether oxygens (including phenoxy) is 2. The molecule has 1 aliphatic rings. The summed E-state index contributed by atoms with van der Waals surface area (Å²) in [5, 5.41) is 5.34. The van der Waals surface area contributed by atoms with Gasteiger partial charge >= 0.3 is 6.09 Å². The molecule has 2 N–H and O–H groups in total. The van der Waals surface area contributed by atoms with Crippen LogP contribution in [0.5, 0.6) is 5.75 Å². The average molecular weight is 571 g/mol. The summed E-state index contributed by atoms with van der Waals surface area (Å²) < 4.78 is 10.1. The zero-order valence-corrected chi connectivity index (χ0v) is 24.6. The smallest absolute Gasteiger partial charge is 0.411 e. The van der Waals surface area contributed by atoms with E-state index in [1.54, 1.807) is 31.5 Å². The van der Waals surface area contributed by atoms with Crippen molar-refractivity contribution in [2.24, 2.45) is 5.92 Å². The van der Waals surface area contributed by atoms with Crippen molar-refractivity contribution in [1.29, 1.82) is 0 Å². The van der Waals surface area contributed by atoms with Crippen LogP contribution in [-0.4, -0.2) is 49.1 Å². The number of aromatic nitrogens is 1. The molecule has 0 spiro atoms. The Morgan fingerprint density at radius 2 is 1.90 bits per heavy atom. The molecule has 3 aromatic rings. The second-order valence-electron chi connectivity index (χ2n) is 10.6. The highest BCUT2D eigenvalue weighted by Crippen LogP contribution is 2.36. The summed E-state index contributed by atoms with van der Waals surface area (Å²) in [7, 11) is 2.92. The van der Waals surface area contributed by atoms with Gasteiger partial charge in [-0.3, -0.25) is 19.9 Å². The topological polar surface area (TPSA) is 110 Å². The number of hydrogen-bond acceptors (Lipinski definition) is 6. The Labute approximate surface area is 246 Å². The van der Waals surface area contributed by atoms with Crippen molar-refractivity contribution < 1.29 is 23.9 Å². The van der Waals surface area contributed by atoms with Crippen LogP contribution in [0.2, 0.25) is 0 Å². The van der Waals surface area contributed by atoms with E-state index < -0.39 is 6.09 Å². The molecule has 0 radical (unpaired) electrons. The monoisotopic (exact) mass is 570 g/mol. The Morgan fingerprint density at radius 1 is 1.07 bits per heavy atom. The van der Waals surface area contributed by atoms with Crippen molar-refractivity contribution in [1.82, 2.24) is 9.88 Å². The van der Waals surface area contributed by atoms with Crippen LogP contribution in [0.15, 0.2) is 66.9 Å². The lowest BCUT2D eigenvalue weighted by atomic mass is 9.94. The van der Waals surface area contributed by atoms with E-state index in [1.807, 2.05) is 47.4 Å². The highest BCUT2D eigenvalue weighted by atomic mass is 16.5. The van der Waals surface area contributed by atoms with Crippen molar-refractivity contribution in [2.45, 2.75) is 45.6 Å². The largest absolute Gasteiger partial charge is 0.497 e. The molecule has 2 heterocycles. The maximum Gasteiger partial charge on any atom is 0.411 e. The molecule has 1 aromatic heterocycles. The van der Waals surface area contributed by atoms with Crippen molar-refractivity contribution >= 4 is 35.4 Å². The zero-order valence-electron chi connectivity index (χ0n) is 24.6. The fourth-order valence-electron chi connectivity index (χ4n) is 5.22. The zero-order chi connectivity index (χ0) is 30.1. The third-order valence-electron chi connectivity index (χ3n) is 7.38. The maximum absolute atomic E-state index is 13.6. The Kier molecular flexibility index (Phi) is 10.3. The lowest BCUT2D eigenvalue weighted by Gasteiger charge is -2.34. The number of amides is 3. The summed E-state index contributed by atoms with van der Waals surface area (Å²) in [5.41, 5.74) is 5.35. The first-order valence-corrected chi connectivity index (χ1v) is 14.1. The number of carbonyl (C=O) groups is 3. The third kappa shape index (κ3) is 7.54. The van der Waals surface area contributed by atoms with Crippen LogP contribution in [0.4, 0.5) is 16.2 Å². The minimum atomic E-state index is -0.606. The van der Waals surface area contributed by atoms with Gasteiger partial charge in [0, 0.05) is 30.1 Å². The molecule has 0 saturated carbocycles. The van der Waals surface area contributed by atoms with Gasteiger partial charge in [-0.25, -0.2) is 4.79 Å². The standard InChI is InChI=1S/C33H38N4O5/c1-22(2)7-5-10-31(37-16-14-24(19-32(37)39)23-8-6-9-27(17-23)41-3)30-18-25(13-15-34-30)28-12-11-26(36-33(40)42-4)20-29(28)35-21-38/h6,8-9,11-13,15,17-22,31H,5,7,10,14,16H2,1-4H3,(H,35,38)(H,36,40)/t31-/m0/s1. The molecule has 220 valence electrons. The number of methoxy groups -OCH3 is 2. The van der Waals surface area contributed by atoms with Crippen molar-refractivity contribution in [3.05, 3.63) is 78.1 Å². The van der Waals surface area contributed by atoms with Gasteiger partial charge in [-0.2, -0.15) is 0 Å². The van der Waals surface area contributed by atoms with E-state index in [1.165, 1.54) is 7.11 Å². The fourth-order valence-corrected chi connectivity index (χ4v) is 5.22. The van der Waals surface area contributed by atoms with Crippen molar-refractivity contribution in [3.8, 4) is 16.9 Å². The highest BCUT2D eigenvalue weighted by molar-refractivity contribution is 5.97. The molecule has 4 rings (SSSR count). The predicted octanol–water partition coefficient (Wildman–Crippen LogP) is 6.69. The van der Waals surface area contributed by atoms with E-state index >= 15 is 0 Å². The number of hydrogen-bond donors (Lipinski definition) is 2. The average Bonchev–Trinajstić information content (AvgIpc) is 3.00. The Morgan fingerprint density at radius 3 is 2.62 bits per heavy atom. The Bertz CT molecular complexity index is 1450. The van der Waals surface area contributed by atoms with Gasteiger partial charge in [0.05, 0.1) is 31.6 Å². The van der Waals surface area contributed by atoms with Crippen LogP contribution in [0, 0.1) is 5.92 Å². The van der Waals surface area contributed by atoms with Gasteiger partial charge in [0.15, 0.2) is 0 Å². The summed E-state index contributed by atoms with van der Waals surface area (Å²) in [6.07, 6.45) is 6.96. The number of anilines is 2. The van der Waals surface area contributed by atoms with Gasteiger partial charge in [0.1, 0.15) is 5.75 Å². The molecule has 0 bridgehead atoms. The highest BCUT2D eigenvalue weighted by Gasteiger charge is 2.29. The first-order valence-electron chi connectivity index (χ1n) is 14.1. The van der Waals surface area contributed by atoms with E-state index in [-0.39, 0.29) is 11.9 Å². The lowest BCUT2D eigenvalue weighted by Crippen LogP contribution is -2.37. The molecule has 9 nitrogen and oxygen atoms in total. The number of pyridine rings is 1. The SMILES string of the molecule is COC(=O)Nc1ccc(-c2ccnc([C@H](CCCC(C)C)N3CCC(c4cccc(OC)c4)=CC3=O)c2)c(NC=O)c1. The minimum absolute atomic E-state index is 0.0395. The molecule has 0 aliphatic carbocycles. The van der Waals surface area contributed by atoms with Crippen LogP contribution in [0.3, 0.4) is 0 Å². The second kappa shape index (κ2) is 14.3. The van der Waals surface area contributed by atoms with E-state index in [2.05, 4.69) is 29.2 Å². The first-order chi connectivity index (χ1) is 20.3. The molecule has 1 aliphatic heterocycles. The predicted molar refractivity (Wildman–Crippen MR) is 164 cm³/mol. The van der Waals surface area contributed by atoms with Gasteiger partial charge in [-0.15, -0.1) is 0 Å². The molecule has 1 atom stereocenters. The van der Waals surface area contributed by atoms with Crippen LogP contribution in [0.1, 0.15) is 56.8 Å². The van der Waals surface area contributed by atoms with Crippen LogP contribution in [-0.2, 0) is 14.3 Å². The molecule has 42 heavy (non-hydrogen) atoms. The van der Waals surface area contributed by atoms with Crippen molar-refractivity contribution in [3.63, 3.8) is 0 Å². The minimum Gasteiger partial charge on any atom is -0.497 e. The van der Waals surface area contributed by atoms with Crippen LogP contribution >= 0.6 is 0 Å². The van der Waals surface area contributed by atoms with Crippen LogP contribution in [0.25, 0.3) is 16.7 Å². The van der Waals surface area contributed by atoms with Gasteiger partial charge in [-0.1, -0.05) is 44.9 Å². The summed E-state index contributed by atoms with van der Waals surface area (Å²) in [6.45, 7) is 4.97. The summed E-state index contributed by atoms with van der Waals surface area (Å²) in [5.74, 6) is 1.27. The van der Waals surface area contributed by atoms with Crippen molar-refractivity contribution in [2.75, 3.05) is 31.4 Å². The number of nitrogens with zero attached hydrogens (tertiary/aromatic N) is 2. The van der Waals surface area contributed by atoms with Crippen LogP contribution < -0.4 is 15.4 Å². The van der Waals surface area contributed by atoms with E-state index in [4.69, 9.17) is 9.72 Å². The lowest BCUT2D eigenvalue weighted by molar-refractivity contribution is -0.129. The molecule has 0 saturated heterocycles. The Balaban J connectivity index is 1.66. The molecule has 3 amide bonds. The molecular formula is C33H38N4O5. The normalized spacial score (nSPS) is 13.8. The molecular weight excluding hydrogens is 532 g/mol. The quantitative estimate of drug-likeness (QED) is 0.235. The molecule has 0 fully saturated rings. The van der Waals surface area contributed by atoms with Gasteiger partial charge < -0.3 is 19.7 Å². The molecule has 9 heteroatoms. The number of rotatable bonds is 12. The summed E-state index contributed by atoms with van der Waals surface area (Å²) >= 11 is 0. The first kappa shape index (κ1) is 30.3. The number of benzene rings is 2. The van der Waals surface area contributed by atoms with Gasteiger partial charge in [-0.05, 0) is 71.9 Å². The van der Waals surface area contributed by atoms with E-state index in [0.29, 0.717) is 30.2 Å². The van der Waals surface area contributed by atoms with E-state index in [9.17, 15) is 14.4 Å². The third-order valence-corrected chi connectivity index (χ3v) is 7.38. The fraction of sp³-hybridized carbons (Fsp3) is 0.333. The molecule has 2 aromatic carbocycles. The second-order valence-corrected chi connectivity index (χ2v) is 10.6. The Hall–Kier alpha value is -4.66. The van der Waals surface area contributed by atoms with Gasteiger partial charge in [0.2, 0.25) is 12.3 Å². The molecule has 0 unspecified atom stereocenters. The number of carbonyl (C=O) groups excluding carboxylic acids is 3. The van der Waals surface area contributed by atoms with Gasteiger partial charge in [0.25, 0.3) is 0 Å². The maximum atomic E-state index is 13.6. The number of nitrogens with one attached hydrogen (secondary N) is 2. The van der Waals surface area contributed by atoms with E-state index in [0.717, 1.165) is 59.4 Å².